The van der Waals surface area contributed by atoms with Gasteiger partial charge in [0.1, 0.15) is 11.7 Å². The molecular formula is C17H18N4O3. The first-order valence-electron chi connectivity index (χ1n) is 8.15. The number of aliphatic carboxylic acids is 1. The molecule has 24 heavy (non-hydrogen) atoms. The van der Waals surface area contributed by atoms with Gasteiger partial charge in [0.05, 0.1) is 5.69 Å². The molecule has 3 atom stereocenters. The molecule has 4 rings (SSSR count). The zero-order chi connectivity index (χ0) is 16.7. The number of nitrogens with zero attached hydrogens (tertiary/aromatic N) is 4. The van der Waals surface area contributed by atoms with E-state index in [2.05, 4.69) is 10.1 Å². The highest BCUT2D eigenvalue weighted by atomic mass is 16.4. The second kappa shape index (κ2) is 5.74. The maximum Gasteiger partial charge on any atom is 0.326 e. The second-order valence-corrected chi connectivity index (χ2v) is 6.45. The molecule has 0 bridgehead atoms. The third-order valence-electron chi connectivity index (χ3n) is 5.14. The first-order valence-corrected chi connectivity index (χ1v) is 8.15. The number of hydrogen-bond donors (Lipinski definition) is 1. The fourth-order valence-corrected chi connectivity index (χ4v) is 4.08. The lowest BCUT2D eigenvalue weighted by Crippen LogP contribution is -2.43. The monoisotopic (exact) mass is 326 g/mol. The van der Waals surface area contributed by atoms with Gasteiger partial charge in [0.2, 0.25) is 0 Å². The van der Waals surface area contributed by atoms with Crippen LogP contribution in [0.3, 0.4) is 0 Å². The van der Waals surface area contributed by atoms with Gasteiger partial charge >= 0.3 is 5.97 Å². The molecule has 124 valence electrons. The van der Waals surface area contributed by atoms with Crippen LogP contribution in [-0.4, -0.2) is 49.2 Å². The number of pyridine rings is 1. The van der Waals surface area contributed by atoms with Gasteiger partial charge in [0.25, 0.3) is 5.91 Å². The number of carbonyl (C=O) groups excluding carboxylic acids is 1. The highest BCUT2D eigenvalue weighted by molar-refractivity contribution is 5.96. The van der Waals surface area contributed by atoms with Gasteiger partial charge in [-0.3, -0.25) is 9.78 Å². The molecule has 0 radical (unpaired) electrons. The van der Waals surface area contributed by atoms with E-state index in [4.69, 9.17) is 0 Å². The minimum absolute atomic E-state index is 0.0701. The zero-order valence-electron chi connectivity index (χ0n) is 13.1. The van der Waals surface area contributed by atoms with E-state index in [1.807, 2.05) is 0 Å². The Balaban J connectivity index is 1.64. The van der Waals surface area contributed by atoms with Crippen LogP contribution in [0.5, 0.6) is 0 Å². The molecule has 1 aliphatic heterocycles. The van der Waals surface area contributed by atoms with Gasteiger partial charge in [0.15, 0.2) is 0 Å². The lowest BCUT2D eigenvalue weighted by molar-refractivity contribution is -0.142. The van der Waals surface area contributed by atoms with Crippen molar-refractivity contribution < 1.29 is 14.7 Å². The van der Waals surface area contributed by atoms with Crippen molar-refractivity contribution in [3.8, 4) is 5.69 Å². The number of aromatic nitrogens is 3. The molecule has 1 aliphatic carbocycles. The predicted octanol–water partition coefficient (Wildman–Crippen LogP) is 1.59. The van der Waals surface area contributed by atoms with E-state index < -0.39 is 12.0 Å². The fraction of sp³-hybridized carbons (Fsp3) is 0.412. The van der Waals surface area contributed by atoms with Gasteiger partial charge in [-0.2, -0.15) is 5.10 Å². The third kappa shape index (κ3) is 2.36. The quantitative estimate of drug-likeness (QED) is 0.925. The largest absolute Gasteiger partial charge is 0.480 e. The van der Waals surface area contributed by atoms with Crippen LogP contribution in [0, 0.1) is 11.8 Å². The molecular weight excluding hydrogens is 308 g/mol. The van der Waals surface area contributed by atoms with E-state index in [9.17, 15) is 14.7 Å². The SMILES string of the molecule is O=C(O)[C@@H]1[C@H]2CCC[C@@H]2CN1C(=O)c1cc(-n2cccn2)ccn1. The van der Waals surface area contributed by atoms with Crippen molar-refractivity contribution in [1.29, 1.82) is 0 Å². The smallest absolute Gasteiger partial charge is 0.326 e. The predicted molar refractivity (Wildman–Crippen MR) is 84.7 cm³/mol. The third-order valence-corrected chi connectivity index (χ3v) is 5.14. The summed E-state index contributed by atoms with van der Waals surface area (Å²) in [5.41, 5.74) is 0.985. The van der Waals surface area contributed by atoms with Crippen LogP contribution in [0.4, 0.5) is 0 Å². The highest BCUT2D eigenvalue weighted by Crippen LogP contribution is 2.42. The first kappa shape index (κ1) is 14.9. The molecule has 2 fully saturated rings. The number of carboxylic acids is 1. The number of likely N-dealkylation sites (tertiary alicyclic amines) is 1. The highest BCUT2D eigenvalue weighted by Gasteiger charge is 2.49. The number of amides is 1. The van der Waals surface area contributed by atoms with E-state index in [1.54, 1.807) is 41.5 Å². The summed E-state index contributed by atoms with van der Waals surface area (Å²) in [5.74, 6) is -0.864. The van der Waals surface area contributed by atoms with Crippen molar-refractivity contribution in [2.75, 3.05) is 6.54 Å². The van der Waals surface area contributed by atoms with Crippen LogP contribution in [0.25, 0.3) is 5.69 Å². The van der Waals surface area contributed by atoms with Crippen LogP contribution in [0.1, 0.15) is 29.8 Å². The zero-order valence-corrected chi connectivity index (χ0v) is 13.1. The van der Waals surface area contributed by atoms with Crippen LogP contribution in [0.2, 0.25) is 0 Å². The van der Waals surface area contributed by atoms with Gasteiger partial charge in [-0.15, -0.1) is 0 Å². The summed E-state index contributed by atoms with van der Waals surface area (Å²) in [4.78, 5) is 30.2. The summed E-state index contributed by atoms with van der Waals surface area (Å²) in [7, 11) is 0. The molecule has 0 aromatic carbocycles. The van der Waals surface area contributed by atoms with E-state index in [-0.39, 0.29) is 17.5 Å². The van der Waals surface area contributed by atoms with Crippen molar-refractivity contribution in [3.63, 3.8) is 0 Å². The molecule has 0 unspecified atom stereocenters. The average molecular weight is 326 g/mol. The lowest BCUT2D eigenvalue weighted by atomic mass is 9.94. The van der Waals surface area contributed by atoms with Crippen molar-refractivity contribution in [2.24, 2.45) is 11.8 Å². The molecule has 2 aliphatic rings. The number of fused-ring (bicyclic) bond motifs is 1. The molecule has 1 amide bonds. The Morgan fingerprint density at radius 2 is 2.12 bits per heavy atom. The molecule has 2 aromatic rings. The second-order valence-electron chi connectivity index (χ2n) is 6.45. The molecule has 1 N–H and O–H groups in total. The Morgan fingerprint density at radius 3 is 2.88 bits per heavy atom. The maximum absolute atomic E-state index is 12.9. The summed E-state index contributed by atoms with van der Waals surface area (Å²) < 4.78 is 1.64. The van der Waals surface area contributed by atoms with E-state index >= 15 is 0 Å². The van der Waals surface area contributed by atoms with Crippen molar-refractivity contribution >= 4 is 11.9 Å². The Hall–Kier alpha value is -2.70. The summed E-state index contributed by atoms with van der Waals surface area (Å²) in [6, 6.07) is 4.48. The normalized spacial score (nSPS) is 25.7. The summed E-state index contributed by atoms with van der Waals surface area (Å²) in [6.07, 6.45) is 7.92. The summed E-state index contributed by atoms with van der Waals surface area (Å²) in [5, 5.41) is 13.7. The number of carbonyl (C=O) groups is 2. The molecule has 3 heterocycles. The van der Waals surface area contributed by atoms with Gasteiger partial charge in [-0.05, 0) is 42.9 Å². The Morgan fingerprint density at radius 1 is 1.25 bits per heavy atom. The van der Waals surface area contributed by atoms with Crippen molar-refractivity contribution in [2.45, 2.75) is 25.3 Å². The van der Waals surface area contributed by atoms with E-state index in [1.165, 1.54) is 4.90 Å². The minimum atomic E-state index is -0.916. The summed E-state index contributed by atoms with van der Waals surface area (Å²) >= 11 is 0. The van der Waals surface area contributed by atoms with Gasteiger partial charge in [-0.25, -0.2) is 9.48 Å². The van der Waals surface area contributed by atoms with Gasteiger partial charge in [0, 0.05) is 25.1 Å². The van der Waals surface area contributed by atoms with E-state index in [0.29, 0.717) is 12.5 Å². The summed E-state index contributed by atoms with van der Waals surface area (Å²) in [6.45, 7) is 0.508. The number of rotatable bonds is 3. The van der Waals surface area contributed by atoms with E-state index in [0.717, 1.165) is 24.9 Å². The molecule has 1 saturated carbocycles. The average Bonchev–Trinajstić information content (AvgIpc) is 3.30. The Bertz CT molecular complexity index is 774. The lowest BCUT2D eigenvalue weighted by Gasteiger charge is -2.24. The minimum Gasteiger partial charge on any atom is -0.480 e. The molecule has 1 saturated heterocycles. The first-order chi connectivity index (χ1) is 11.6. The van der Waals surface area contributed by atoms with Gasteiger partial charge < -0.3 is 10.0 Å². The van der Waals surface area contributed by atoms with Crippen LogP contribution < -0.4 is 0 Å². The van der Waals surface area contributed by atoms with Crippen molar-refractivity contribution in [3.05, 3.63) is 42.5 Å². The van der Waals surface area contributed by atoms with Crippen LogP contribution in [-0.2, 0) is 4.79 Å². The maximum atomic E-state index is 12.9. The Labute approximate surface area is 138 Å². The molecule has 7 heteroatoms. The topological polar surface area (TPSA) is 88.3 Å². The van der Waals surface area contributed by atoms with Crippen molar-refractivity contribution in [1.82, 2.24) is 19.7 Å². The van der Waals surface area contributed by atoms with Gasteiger partial charge in [-0.1, -0.05) is 6.42 Å². The van der Waals surface area contributed by atoms with Crippen LogP contribution in [0.15, 0.2) is 36.8 Å². The standard InChI is InChI=1S/C17H18N4O3/c22-16(14-9-12(5-7-18-14)21-8-2-6-19-21)20-10-11-3-1-4-13(11)15(20)17(23)24/h2,5-9,11,13,15H,1,3-4,10H2,(H,23,24)/t11-,13+,15+/m1/s1. The fourth-order valence-electron chi connectivity index (χ4n) is 4.08. The van der Waals surface area contributed by atoms with Crippen LogP contribution >= 0.6 is 0 Å². The number of hydrogen-bond acceptors (Lipinski definition) is 4. The Kier molecular flexibility index (Phi) is 3.55. The molecule has 2 aromatic heterocycles. The molecule has 7 nitrogen and oxygen atoms in total. The number of carboxylic acid groups (broad SMARTS) is 1. The molecule has 0 spiro atoms.